The van der Waals surface area contributed by atoms with Gasteiger partial charge in [-0.15, -0.1) is 0 Å². The summed E-state index contributed by atoms with van der Waals surface area (Å²) in [4.78, 5) is 0. The first-order valence-corrected chi connectivity index (χ1v) is 9.01. The molecule has 0 aliphatic rings. The molecule has 0 bridgehead atoms. The van der Waals surface area contributed by atoms with Gasteiger partial charge in [0.25, 0.3) is 0 Å². The summed E-state index contributed by atoms with van der Waals surface area (Å²) in [6.07, 6.45) is 1.51. The SMILES string of the molecule is CCCS(=O)(=O)CCC(CNCC(C)C)C(C)C. The van der Waals surface area contributed by atoms with Crippen LogP contribution in [0.5, 0.6) is 0 Å². The van der Waals surface area contributed by atoms with E-state index in [1.54, 1.807) is 0 Å². The fourth-order valence-electron chi connectivity index (χ4n) is 1.97. The van der Waals surface area contributed by atoms with Crippen molar-refractivity contribution in [3.05, 3.63) is 0 Å². The van der Waals surface area contributed by atoms with E-state index in [9.17, 15) is 8.42 Å². The van der Waals surface area contributed by atoms with E-state index < -0.39 is 9.84 Å². The minimum absolute atomic E-state index is 0.331. The molecule has 1 atom stereocenters. The van der Waals surface area contributed by atoms with Crippen molar-refractivity contribution in [3.63, 3.8) is 0 Å². The van der Waals surface area contributed by atoms with Crippen LogP contribution < -0.4 is 5.32 Å². The Morgan fingerprint density at radius 2 is 1.61 bits per heavy atom. The highest BCUT2D eigenvalue weighted by Crippen LogP contribution is 2.16. The van der Waals surface area contributed by atoms with Crippen molar-refractivity contribution in [3.8, 4) is 0 Å². The molecule has 0 aliphatic heterocycles. The quantitative estimate of drug-likeness (QED) is 0.668. The van der Waals surface area contributed by atoms with Gasteiger partial charge in [0.05, 0.1) is 5.75 Å². The topological polar surface area (TPSA) is 46.2 Å². The molecule has 0 aromatic heterocycles. The molecular formula is C14H31NO2S. The highest BCUT2D eigenvalue weighted by atomic mass is 32.2. The summed E-state index contributed by atoms with van der Waals surface area (Å²) in [6.45, 7) is 12.6. The first-order chi connectivity index (χ1) is 8.28. The molecule has 0 radical (unpaired) electrons. The Morgan fingerprint density at radius 1 is 1.00 bits per heavy atom. The van der Waals surface area contributed by atoms with Crippen molar-refractivity contribution >= 4 is 9.84 Å². The van der Waals surface area contributed by atoms with Crippen LogP contribution in [0.25, 0.3) is 0 Å². The minimum atomic E-state index is -2.83. The fraction of sp³-hybridized carbons (Fsp3) is 1.00. The number of nitrogens with one attached hydrogen (secondary N) is 1. The fourth-order valence-corrected chi connectivity index (χ4v) is 3.46. The zero-order chi connectivity index (χ0) is 14.2. The van der Waals surface area contributed by atoms with Crippen molar-refractivity contribution in [2.45, 2.75) is 47.5 Å². The Kier molecular flexibility index (Phi) is 8.87. The second-order valence-electron chi connectivity index (χ2n) is 6.00. The average Bonchev–Trinajstić information content (AvgIpc) is 2.21. The summed E-state index contributed by atoms with van der Waals surface area (Å²) < 4.78 is 23.4. The molecule has 18 heavy (non-hydrogen) atoms. The largest absolute Gasteiger partial charge is 0.316 e. The molecule has 3 nitrogen and oxygen atoms in total. The van der Waals surface area contributed by atoms with Crippen LogP contribution in [-0.4, -0.2) is 33.0 Å². The van der Waals surface area contributed by atoms with E-state index in [2.05, 4.69) is 33.0 Å². The van der Waals surface area contributed by atoms with Gasteiger partial charge < -0.3 is 5.32 Å². The maximum absolute atomic E-state index is 11.7. The van der Waals surface area contributed by atoms with Crippen molar-refractivity contribution in [2.75, 3.05) is 24.6 Å². The van der Waals surface area contributed by atoms with E-state index in [-0.39, 0.29) is 0 Å². The van der Waals surface area contributed by atoms with Crippen molar-refractivity contribution < 1.29 is 8.42 Å². The van der Waals surface area contributed by atoms with Crippen LogP contribution in [-0.2, 0) is 9.84 Å². The van der Waals surface area contributed by atoms with Gasteiger partial charge in [-0.05, 0) is 43.7 Å². The van der Waals surface area contributed by atoms with Gasteiger partial charge >= 0.3 is 0 Å². The van der Waals surface area contributed by atoms with Crippen molar-refractivity contribution in [2.24, 2.45) is 17.8 Å². The summed E-state index contributed by atoms with van der Waals surface area (Å²) in [7, 11) is -2.83. The molecular weight excluding hydrogens is 246 g/mol. The lowest BCUT2D eigenvalue weighted by Gasteiger charge is -2.22. The Morgan fingerprint density at radius 3 is 2.06 bits per heavy atom. The molecule has 0 aromatic carbocycles. The average molecular weight is 277 g/mol. The molecule has 0 spiro atoms. The van der Waals surface area contributed by atoms with Gasteiger partial charge in [0, 0.05) is 5.75 Å². The van der Waals surface area contributed by atoms with Crippen LogP contribution in [0.1, 0.15) is 47.5 Å². The van der Waals surface area contributed by atoms with Gasteiger partial charge in [-0.2, -0.15) is 0 Å². The van der Waals surface area contributed by atoms with Crippen LogP contribution in [0.15, 0.2) is 0 Å². The predicted octanol–water partition coefficient (Wildman–Crippen LogP) is 2.72. The molecule has 0 fully saturated rings. The highest BCUT2D eigenvalue weighted by Gasteiger charge is 2.17. The van der Waals surface area contributed by atoms with Gasteiger partial charge in [-0.3, -0.25) is 0 Å². The number of rotatable bonds is 10. The maximum Gasteiger partial charge on any atom is 0.150 e. The van der Waals surface area contributed by atoms with E-state index in [1.165, 1.54) is 0 Å². The monoisotopic (exact) mass is 277 g/mol. The summed E-state index contributed by atoms with van der Waals surface area (Å²) in [5.74, 6) is 2.29. The van der Waals surface area contributed by atoms with Crippen LogP contribution in [0, 0.1) is 17.8 Å². The van der Waals surface area contributed by atoms with Crippen LogP contribution >= 0.6 is 0 Å². The van der Waals surface area contributed by atoms with E-state index in [1.807, 2.05) is 6.92 Å². The molecule has 110 valence electrons. The van der Waals surface area contributed by atoms with Gasteiger partial charge in [-0.1, -0.05) is 34.6 Å². The van der Waals surface area contributed by atoms with E-state index in [0.717, 1.165) is 25.9 Å². The molecule has 0 heterocycles. The molecule has 4 heteroatoms. The molecule has 1 unspecified atom stereocenters. The molecule has 0 rings (SSSR count). The summed E-state index contributed by atoms with van der Waals surface area (Å²) in [6, 6.07) is 0. The lowest BCUT2D eigenvalue weighted by atomic mass is 9.93. The summed E-state index contributed by atoms with van der Waals surface area (Å²) in [5.41, 5.74) is 0. The lowest BCUT2D eigenvalue weighted by Crippen LogP contribution is -2.30. The number of hydrogen-bond acceptors (Lipinski definition) is 3. The van der Waals surface area contributed by atoms with Gasteiger partial charge in [0.1, 0.15) is 9.84 Å². The predicted molar refractivity (Wildman–Crippen MR) is 79.6 cm³/mol. The summed E-state index contributed by atoms with van der Waals surface area (Å²) >= 11 is 0. The van der Waals surface area contributed by atoms with E-state index >= 15 is 0 Å². The van der Waals surface area contributed by atoms with Gasteiger partial charge in [0.2, 0.25) is 0 Å². The minimum Gasteiger partial charge on any atom is -0.316 e. The van der Waals surface area contributed by atoms with Gasteiger partial charge in [-0.25, -0.2) is 8.42 Å². The Hall–Kier alpha value is -0.0900. The molecule has 1 N–H and O–H groups in total. The third-order valence-electron chi connectivity index (χ3n) is 3.22. The molecule has 0 amide bonds. The highest BCUT2D eigenvalue weighted by molar-refractivity contribution is 7.91. The summed E-state index contributed by atoms with van der Waals surface area (Å²) in [5, 5.41) is 3.44. The standard InChI is InChI=1S/C14H31NO2S/c1-6-8-18(16,17)9-7-14(13(4)5)11-15-10-12(2)3/h12-15H,6-11H2,1-5H3. The molecule has 0 aliphatic carbocycles. The normalized spacial score (nSPS) is 14.4. The van der Waals surface area contributed by atoms with Crippen LogP contribution in [0.3, 0.4) is 0 Å². The van der Waals surface area contributed by atoms with E-state index in [4.69, 9.17) is 0 Å². The Bertz CT molecular complexity index is 297. The second kappa shape index (κ2) is 8.92. The van der Waals surface area contributed by atoms with Crippen molar-refractivity contribution in [1.82, 2.24) is 5.32 Å². The smallest absolute Gasteiger partial charge is 0.150 e. The zero-order valence-corrected chi connectivity index (χ0v) is 13.5. The molecule has 0 aromatic rings. The van der Waals surface area contributed by atoms with E-state index in [0.29, 0.717) is 29.3 Å². The first-order valence-electron chi connectivity index (χ1n) is 7.19. The number of hydrogen-bond donors (Lipinski definition) is 1. The lowest BCUT2D eigenvalue weighted by molar-refractivity contribution is 0.345. The Labute approximate surface area is 114 Å². The zero-order valence-electron chi connectivity index (χ0n) is 12.7. The number of sulfone groups is 1. The third-order valence-corrected chi connectivity index (χ3v) is 5.10. The Balaban J connectivity index is 4.12. The second-order valence-corrected chi connectivity index (χ2v) is 8.30. The molecule has 0 saturated carbocycles. The van der Waals surface area contributed by atoms with Crippen molar-refractivity contribution in [1.29, 1.82) is 0 Å². The maximum atomic E-state index is 11.7. The van der Waals surface area contributed by atoms with Gasteiger partial charge in [0.15, 0.2) is 0 Å². The van der Waals surface area contributed by atoms with Crippen LogP contribution in [0.4, 0.5) is 0 Å². The first kappa shape index (κ1) is 17.9. The molecule has 0 saturated heterocycles. The van der Waals surface area contributed by atoms with Crippen LogP contribution in [0.2, 0.25) is 0 Å². The third kappa shape index (κ3) is 8.92.